The van der Waals surface area contributed by atoms with Crippen LogP contribution in [0.3, 0.4) is 0 Å². The van der Waals surface area contributed by atoms with Crippen LogP contribution in [0.25, 0.3) is 0 Å². The topological polar surface area (TPSA) is 68.3 Å². The number of nitriles is 1. The number of hydrogen-bond donors (Lipinski definition) is 1. The van der Waals surface area contributed by atoms with Gasteiger partial charge in [-0.1, -0.05) is 0 Å². The van der Waals surface area contributed by atoms with Gasteiger partial charge in [-0.2, -0.15) is 5.26 Å². The highest BCUT2D eigenvalue weighted by atomic mass is 16.7. The molecule has 0 fully saturated rings. The third kappa shape index (κ3) is 2.36. The maximum Gasteiger partial charge on any atom is 0.188 e. The third-order valence-corrected chi connectivity index (χ3v) is 1.46. The van der Waals surface area contributed by atoms with Gasteiger partial charge in [-0.15, -0.1) is 0 Å². The molecule has 0 unspecified atom stereocenters. The van der Waals surface area contributed by atoms with Gasteiger partial charge >= 0.3 is 0 Å². The lowest BCUT2D eigenvalue weighted by Gasteiger charge is -2.06. The van der Waals surface area contributed by atoms with E-state index in [1.165, 1.54) is 7.11 Å². The molecule has 0 bridgehead atoms. The maximum atomic E-state index is 8.70. The summed E-state index contributed by atoms with van der Waals surface area (Å²) in [5.74, 6) is 0.448. The molecule has 0 atom stereocenters. The molecule has 0 amide bonds. The fraction of sp³-hybridized carbons (Fsp3) is 0.222. The fourth-order valence-electron chi connectivity index (χ4n) is 0.873. The second-order valence-electron chi connectivity index (χ2n) is 2.42. The quantitative estimate of drug-likeness (QED) is 0.556. The normalized spacial score (nSPS) is 9.23. The van der Waals surface area contributed by atoms with Crippen LogP contribution in [0.2, 0.25) is 0 Å². The molecular weight excluding hydrogens is 168 g/mol. The summed E-state index contributed by atoms with van der Waals surface area (Å²) in [6.45, 7) is 0.109. The number of anilines is 1. The molecule has 0 aliphatic carbocycles. The first-order valence-corrected chi connectivity index (χ1v) is 3.69. The highest BCUT2D eigenvalue weighted by Crippen LogP contribution is 2.20. The number of hydrogen-bond acceptors (Lipinski definition) is 4. The van der Waals surface area contributed by atoms with Crippen LogP contribution in [0.1, 0.15) is 5.56 Å². The van der Waals surface area contributed by atoms with Gasteiger partial charge in [0.25, 0.3) is 0 Å². The van der Waals surface area contributed by atoms with Crippen LogP contribution in [0.4, 0.5) is 5.69 Å². The Balaban J connectivity index is 2.89. The van der Waals surface area contributed by atoms with E-state index in [0.29, 0.717) is 17.0 Å². The van der Waals surface area contributed by atoms with Crippen molar-refractivity contribution >= 4 is 5.69 Å². The van der Waals surface area contributed by atoms with Crippen molar-refractivity contribution in [3.8, 4) is 11.8 Å². The zero-order chi connectivity index (χ0) is 9.68. The van der Waals surface area contributed by atoms with Gasteiger partial charge in [0.05, 0.1) is 5.56 Å². The Morgan fingerprint density at radius 3 is 2.92 bits per heavy atom. The van der Waals surface area contributed by atoms with Crippen LogP contribution < -0.4 is 10.5 Å². The van der Waals surface area contributed by atoms with E-state index in [0.717, 1.165) is 0 Å². The number of nitrogens with zero attached hydrogens (tertiary/aromatic N) is 1. The Labute approximate surface area is 76.5 Å². The van der Waals surface area contributed by atoms with Crippen molar-refractivity contribution in [1.82, 2.24) is 0 Å². The van der Waals surface area contributed by atoms with Crippen molar-refractivity contribution in [3.05, 3.63) is 23.8 Å². The molecule has 0 spiro atoms. The third-order valence-electron chi connectivity index (χ3n) is 1.46. The molecule has 1 aromatic carbocycles. The lowest BCUT2D eigenvalue weighted by atomic mass is 10.2. The molecule has 13 heavy (non-hydrogen) atoms. The average Bonchev–Trinajstić information content (AvgIpc) is 2.15. The Hall–Kier alpha value is -1.73. The minimum atomic E-state index is 0.109. The van der Waals surface area contributed by atoms with Crippen molar-refractivity contribution in [1.29, 1.82) is 5.26 Å². The number of rotatable bonds is 3. The van der Waals surface area contributed by atoms with E-state index < -0.39 is 0 Å². The van der Waals surface area contributed by atoms with Gasteiger partial charge in [0.1, 0.15) is 11.8 Å². The minimum Gasteiger partial charge on any atom is -0.466 e. The predicted molar refractivity (Wildman–Crippen MR) is 48.1 cm³/mol. The van der Waals surface area contributed by atoms with E-state index in [1.54, 1.807) is 18.2 Å². The van der Waals surface area contributed by atoms with E-state index >= 15 is 0 Å². The fourth-order valence-corrected chi connectivity index (χ4v) is 0.873. The molecule has 0 saturated heterocycles. The second-order valence-corrected chi connectivity index (χ2v) is 2.42. The molecule has 2 N–H and O–H groups in total. The lowest BCUT2D eigenvalue weighted by molar-refractivity contribution is 0.0509. The zero-order valence-corrected chi connectivity index (χ0v) is 7.28. The van der Waals surface area contributed by atoms with Gasteiger partial charge in [-0.05, 0) is 12.1 Å². The molecule has 0 aliphatic heterocycles. The Morgan fingerprint density at radius 2 is 2.31 bits per heavy atom. The molecule has 68 valence electrons. The summed E-state index contributed by atoms with van der Waals surface area (Å²) in [4.78, 5) is 0. The van der Waals surface area contributed by atoms with E-state index in [2.05, 4.69) is 0 Å². The second kappa shape index (κ2) is 4.33. The summed E-state index contributed by atoms with van der Waals surface area (Å²) in [5.41, 5.74) is 6.53. The SMILES string of the molecule is COCOc1cc(N)ccc1C#N. The van der Waals surface area contributed by atoms with Crippen molar-refractivity contribution in [2.75, 3.05) is 19.6 Å². The van der Waals surface area contributed by atoms with Crippen molar-refractivity contribution in [2.24, 2.45) is 0 Å². The van der Waals surface area contributed by atoms with Gasteiger partial charge < -0.3 is 15.2 Å². The summed E-state index contributed by atoms with van der Waals surface area (Å²) in [6.07, 6.45) is 0. The van der Waals surface area contributed by atoms with Crippen LogP contribution in [-0.2, 0) is 4.74 Å². The van der Waals surface area contributed by atoms with E-state index in [4.69, 9.17) is 20.5 Å². The molecule has 1 aromatic rings. The molecule has 0 aliphatic rings. The molecule has 1 rings (SSSR count). The van der Waals surface area contributed by atoms with Crippen LogP contribution >= 0.6 is 0 Å². The Morgan fingerprint density at radius 1 is 1.54 bits per heavy atom. The molecule has 0 radical (unpaired) electrons. The van der Waals surface area contributed by atoms with E-state index in [-0.39, 0.29) is 6.79 Å². The molecule has 4 nitrogen and oxygen atoms in total. The van der Waals surface area contributed by atoms with Crippen molar-refractivity contribution < 1.29 is 9.47 Å². The summed E-state index contributed by atoms with van der Waals surface area (Å²) in [7, 11) is 1.51. The number of nitrogens with two attached hydrogens (primary N) is 1. The Kier molecular flexibility index (Phi) is 3.12. The van der Waals surface area contributed by atoms with Crippen molar-refractivity contribution in [3.63, 3.8) is 0 Å². The summed E-state index contributed by atoms with van der Waals surface area (Å²) in [5, 5.41) is 8.70. The lowest BCUT2D eigenvalue weighted by Crippen LogP contribution is -2.01. The number of nitrogen functional groups attached to an aromatic ring is 1. The monoisotopic (exact) mass is 178 g/mol. The first-order valence-electron chi connectivity index (χ1n) is 3.69. The minimum absolute atomic E-state index is 0.109. The zero-order valence-electron chi connectivity index (χ0n) is 7.28. The molecule has 0 saturated carbocycles. The van der Waals surface area contributed by atoms with Crippen LogP contribution in [0.5, 0.6) is 5.75 Å². The summed E-state index contributed by atoms with van der Waals surface area (Å²) in [6, 6.07) is 6.85. The number of benzene rings is 1. The Bertz CT molecular complexity index is 331. The van der Waals surface area contributed by atoms with Crippen molar-refractivity contribution in [2.45, 2.75) is 0 Å². The first-order chi connectivity index (χ1) is 6.27. The highest BCUT2D eigenvalue weighted by molar-refractivity contribution is 5.52. The van der Waals surface area contributed by atoms with E-state index in [9.17, 15) is 0 Å². The largest absolute Gasteiger partial charge is 0.466 e. The van der Waals surface area contributed by atoms with Gasteiger partial charge in [-0.3, -0.25) is 0 Å². The van der Waals surface area contributed by atoms with Crippen LogP contribution in [0, 0.1) is 11.3 Å². The summed E-state index contributed by atoms with van der Waals surface area (Å²) >= 11 is 0. The molecular formula is C9H10N2O2. The van der Waals surface area contributed by atoms with Gasteiger partial charge in [-0.25, -0.2) is 0 Å². The standard InChI is InChI=1S/C9H10N2O2/c1-12-6-13-9-4-8(11)3-2-7(9)5-10/h2-4H,6,11H2,1H3. The van der Waals surface area contributed by atoms with Gasteiger partial charge in [0.15, 0.2) is 6.79 Å². The smallest absolute Gasteiger partial charge is 0.188 e. The van der Waals surface area contributed by atoms with E-state index in [1.807, 2.05) is 6.07 Å². The van der Waals surface area contributed by atoms with Crippen LogP contribution in [-0.4, -0.2) is 13.9 Å². The van der Waals surface area contributed by atoms with Gasteiger partial charge in [0.2, 0.25) is 0 Å². The summed E-state index contributed by atoms with van der Waals surface area (Å²) < 4.78 is 9.85. The number of methoxy groups -OCH3 is 1. The highest BCUT2D eigenvalue weighted by Gasteiger charge is 2.02. The molecule has 4 heteroatoms. The average molecular weight is 178 g/mol. The first kappa shape index (κ1) is 9.36. The number of ether oxygens (including phenoxy) is 2. The molecule has 0 aromatic heterocycles. The van der Waals surface area contributed by atoms with Crippen LogP contribution in [0.15, 0.2) is 18.2 Å². The molecule has 0 heterocycles. The predicted octanol–water partition coefficient (Wildman–Crippen LogP) is 1.12. The van der Waals surface area contributed by atoms with Gasteiger partial charge in [0, 0.05) is 18.9 Å². The maximum absolute atomic E-state index is 8.70.